The van der Waals surface area contributed by atoms with Crippen molar-refractivity contribution in [2.75, 3.05) is 29.9 Å². The van der Waals surface area contributed by atoms with E-state index < -0.39 is 0 Å². The highest BCUT2D eigenvalue weighted by atomic mass is 16.2. The Kier molecular flexibility index (Phi) is 5.38. The first-order valence-corrected chi connectivity index (χ1v) is 10.4. The van der Waals surface area contributed by atoms with Gasteiger partial charge in [0.2, 0.25) is 0 Å². The standard InChI is InChI=1S/C24H27N3O2/c1-3-27-23(28)21(18-7-5-4-6-8-18)22(24(27)29)25-19-9-11-20(12-10-19)26-15-13-17(2)14-16-26/h4-12,17,25H,3,13-16H2,1-2H3. The molecule has 5 heteroatoms. The summed E-state index contributed by atoms with van der Waals surface area (Å²) in [6.07, 6.45) is 2.44. The Labute approximate surface area is 172 Å². The Bertz CT molecular complexity index is 926. The predicted octanol–water partition coefficient (Wildman–Crippen LogP) is 4.13. The molecule has 1 N–H and O–H groups in total. The van der Waals surface area contributed by atoms with Crippen LogP contribution in [0.15, 0.2) is 60.3 Å². The van der Waals surface area contributed by atoms with Crippen molar-refractivity contribution in [3.63, 3.8) is 0 Å². The lowest BCUT2D eigenvalue weighted by molar-refractivity contribution is -0.136. The van der Waals surface area contributed by atoms with Gasteiger partial charge >= 0.3 is 0 Å². The summed E-state index contributed by atoms with van der Waals surface area (Å²) in [5.41, 5.74) is 3.54. The maximum Gasteiger partial charge on any atom is 0.278 e. The third kappa shape index (κ3) is 3.77. The van der Waals surface area contributed by atoms with E-state index in [1.807, 2.05) is 49.4 Å². The molecule has 4 rings (SSSR count). The van der Waals surface area contributed by atoms with Gasteiger partial charge in [-0.2, -0.15) is 0 Å². The highest BCUT2D eigenvalue weighted by Crippen LogP contribution is 2.31. The van der Waals surface area contributed by atoms with Gasteiger partial charge < -0.3 is 10.2 Å². The van der Waals surface area contributed by atoms with Crippen molar-refractivity contribution >= 4 is 28.8 Å². The molecule has 150 valence electrons. The van der Waals surface area contributed by atoms with Crippen LogP contribution in [0.4, 0.5) is 11.4 Å². The van der Waals surface area contributed by atoms with Crippen molar-refractivity contribution in [1.82, 2.24) is 4.90 Å². The van der Waals surface area contributed by atoms with E-state index in [0.29, 0.717) is 17.8 Å². The number of hydrogen-bond donors (Lipinski definition) is 1. The number of carbonyl (C=O) groups is 2. The van der Waals surface area contributed by atoms with Crippen molar-refractivity contribution in [3.8, 4) is 0 Å². The van der Waals surface area contributed by atoms with E-state index in [4.69, 9.17) is 0 Å². The van der Waals surface area contributed by atoms with E-state index >= 15 is 0 Å². The van der Waals surface area contributed by atoms with Crippen LogP contribution in [0, 0.1) is 5.92 Å². The summed E-state index contributed by atoms with van der Waals surface area (Å²) in [6, 6.07) is 17.5. The van der Waals surface area contributed by atoms with Gasteiger partial charge in [-0.25, -0.2) is 0 Å². The minimum absolute atomic E-state index is 0.245. The molecule has 2 heterocycles. The molecule has 2 aliphatic heterocycles. The van der Waals surface area contributed by atoms with Crippen LogP contribution >= 0.6 is 0 Å². The zero-order valence-electron chi connectivity index (χ0n) is 17.0. The van der Waals surface area contributed by atoms with Gasteiger partial charge in [0, 0.05) is 31.0 Å². The number of rotatable bonds is 5. The van der Waals surface area contributed by atoms with E-state index in [-0.39, 0.29) is 11.8 Å². The Morgan fingerprint density at radius 2 is 1.59 bits per heavy atom. The number of anilines is 2. The minimum Gasteiger partial charge on any atom is -0.372 e. The van der Waals surface area contributed by atoms with Crippen molar-refractivity contribution in [3.05, 3.63) is 65.9 Å². The lowest BCUT2D eigenvalue weighted by Gasteiger charge is -2.32. The second-order valence-electron chi connectivity index (χ2n) is 7.81. The number of hydrogen-bond acceptors (Lipinski definition) is 4. The average Bonchev–Trinajstić information content (AvgIpc) is 2.99. The van der Waals surface area contributed by atoms with Crippen LogP contribution in [0.2, 0.25) is 0 Å². The normalized spacial score (nSPS) is 18.0. The first-order valence-electron chi connectivity index (χ1n) is 10.4. The fourth-order valence-corrected chi connectivity index (χ4v) is 4.02. The number of nitrogens with one attached hydrogen (secondary N) is 1. The molecule has 5 nitrogen and oxygen atoms in total. The monoisotopic (exact) mass is 389 g/mol. The zero-order chi connectivity index (χ0) is 20.4. The Morgan fingerprint density at radius 3 is 2.21 bits per heavy atom. The maximum absolute atomic E-state index is 12.9. The van der Waals surface area contributed by atoms with Gasteiger partial charge in [0.1, 0.15) is 5.70 Å². The van der Waals surface area contributed by atoms with E-state index in [9.17, 15) is 9.59 Å². The molecule has 0 radical (unpaired) electrons. The third-order valence-corrected chi connectivity index (χ3v) is 5.83. The van der Waals surface area contributed by atoms with Crippen molar-refractivity contribution < 1.29 is 9.59 Å². The van der Waals surface area contributed by atoms with E-state index in [0.717, 1.165) is 30.3 Å². The first-order chi connectivity index (χ1) is 14.1. The summed E-state index contributed by atoms with van der Waals surface area (Å²) in [6.45, 7) is 6.63. The van der Waals surface area contributed by atoms with E-state index in [2.05, 4.69) is 29.3 Å². The van der Waals surface area contributed by atoms with Crippen LogP contribution in [0.1, 0.15) is 32.3 Å². The second kappa shape index (κ2) is 8.11. The molecular weight excluding hydrogens is 362 g/mol. The molecule has 0 bridgehead atoms. The lowest BCUT2D eigenvalue weighted by Crippen LogP contribution is -2.32. The van der Waals surface area contributed by atoms with Crippen molar-refractivity contribution in [2.45, 2.75) is 26.7 Å². The first kappa shape index (κ1) is 19.2. The van der Waals surface area contributed by atoms with Crippen LogP contribution < -0.4 is 10.2 Å². The number of nitrogens with zero attached hydrogens (tertiary/aromatic N) is 2. The molecule has 0 unspecified atom stereocenters. The molecule has 0 aliphatic carbocycles. The van der Waals surface area contributed by atoms with Gasteiger partial charge in [0.25, 0.3) is 11.8 Å². The smallest absolute Gasteiger partial charge is 0.278 e. The third-order valence-electron chi connectivity index (χ3n) is 5.83. The molecule has 0 aromatic heterocycles. The molecule has 29 heavy (non-hydrogen) atoms. The number of amides is 2. The summed E-state index contributed by atoms with van der Waals surface area (Å²) < 4.78 is 0. The van der Waals surface area contributed by atoms with Gasteiger partial charge in [-0.3, -0.25) is 14.5 Å². The summed E-state index contributed by atoms with van der Waals surface area (Å²) in [5.74, 6) is 0.277. The zero-order valence-corrected chi connectivity index (χ0v) is 17.0. The number of piperidine rings is 1. The average molecular weight is 389 g/mol. The lowest BCUT2D eigenvalue weighted by atomic mass is 9.99. The van der Waals surface area contributed by atoms with Crippen molar-refractivity contribution in [1.29, 1.82) is 0 Å². The van der Waals surface area contributed by atoms with E-state index in [1.54, 1.807) is 0 Å². The molecule has 2 aromatic carbocycles. The summed E-state index contributed by atoms with van der Waals surface area (Å²) >= 11 is 0. The number of carbonyl (C=O) groups excluding carboxylic acids is 2. The van der Waals surface area contributed by atoms with Crippen LogP contribution in [0.5, 0.6) is 0 Å². The highest BCUT2D eigenvalue weighted by Gasteiger charge is 2.38. The Balaban J connectivity index is 1.60. The fraction of sp³-hybridized carbons (Fsp3) is 0.333. The Morgan fingerprint density at radius 1 is 0.931 bits per heavy atom. The van der Waals surface area contributed by atoms with Crippen LogP contribution in [0.3, 0.4) is 0 Å². The predicted molar refractivity (Wildman–Crippen MR) is 116 cm³/mol. The van der Waals surface area contributed by atoms with Gasteiger partial charge in [0.05, 0.1) is 5.57 Å². The molecule has 0 atom stereocenters. The van der Waals surface area contributed by atoms with Gasteiger partial charge in [0.15, 0.2) is 0 Å². The maximum atomic E-state index is 12.9. The molecular formula is C24H27N3O2. The summed E-state index contributed by atoms with van der Waals surface area (Å²) in [5, 5.41) is 3.22. The van der Waals surface area contributed by atoms with Crippen LogP contribution in [-0.4, -0.2) is 36.3 Å². The molecule has 1 fully saturated rings. The Hall–Kier alpha value is -3.08. The molecule has 0 spiro atoms. The molecule has 0 saturated carbocycles. The molecule has 2 amide bonds. The van der Waals surface area contributed by atoms with Crippen LogP contribution in [-0.2, 0) is 9.59 Å². The van der Waals surface area contributed by atoms with Gasteiger partial charge in [-0.1, -0.05) is 37.3 Å². The van der Waals surface area contributed by atoms with Gasteiger partial charge in [-0.15, -0.1) is 0 Å². The number of imide groups is 1. The molecule has 2 aliphatic rings. The molecule has 1 saturated heterocycles. The summed E-state index contributed by atoms with van der Waals surface area (Å²) in [7, 11) is 0. The van der Waals surface area contributed by atoms with Crippen LogP contribution in [0.25, 0.3) is 5.57 Å². The van der Waals surface area contributed by atoms with Crippen molar-refractivity contribution in [2.24, 2.45) is 5.92 Å². The highest BCUT2D eigenvalue weighted by molar-refractivity contribution is 6.36. The second-order valence-corrected chi connectivity index (χ2v) is 7.81. The van der Waals surface area contributed by atoms with Gasteiger partial charge in [-0.05, 0) is 55.5 Å². The number of benzene rings is 2. The topological polar surface area (TPSA) is 52.7 Å². The fourth-order valence-electron chi connectivity index (χ4n) is 4.02. The SMILES string of the molecule is CCN1C(=O)C(Nc2ccc(N3CCC(C)CC3)cc2)=C(c2ccccc2)C1=O. The number of likely N-dealkylation sites (N-methyl/N-ethyl adjacent to an activating group) is 1. The largest absolute Gasteiger partial charge is 0.372 e. The minimum atomic E-state index is -0.273. The molecule has 2 aromatic rings. The summed E-state index contributed by atoms with van der Waals surface area (Å²) in [4.78, 5) is 29.4. The quantitative estimate of drug-likeness (QED) is 0.781. The van der Waals surface area contributed by atoms with E-state index in [1.165, 1.54) is 23.4 Å².